The van der Waals surface area contributed by atoms with E-state index in [0.29, 0.717) is 36.3 Å². The van der Waals surface area contributed by atoms with Gasteiger partial charge in [0.25, 0.3) is 0 Å². The van der Waals surface area contributed by atoms with Gasteiger partial charge in [-0.3, -0.25) is 0 Å². The summed E-state index contributed by atoms with van der Waals surface area (Å²) >= 11 is 0. The maximum atomic E-state index is 12.7. The molecule has 0 spiro atoms. The van der Waals surface area contributed by atoms with E-state index >= 15 is 0 Å². The van der Waals surface area contributed by atoms with E-state index < -0.39 is 11.9 Å². The van der Waals surface area contributed by atoms with Gasteiger partial charge in [-0.25, -0.2) is 9.97 Å². The van der Waals surface area contributed by atoms with Crippen LogP contribution in [0, 0.1) is 0 Å². The summed E-state index contributed by atoms with van der Waals surface area (Å²) in [7, 11) is 0. The first-order valence-electron chi connectivity index (χ1n) is 4.98. The Labute approximate surface area is 85.6 Å². The fourth-order valence-electron chi connectivity index (χ4n) is 1.88. The van der Waals surface area contributed by atoms with Crippen LogP contribution >= 0.6 is 0 Å². The zero-order valence-electron chi connectivity index (χ0n) is 8.36. The van der Waals surface area contributed by atoms with Crippen LogP contribution in [0.2, 0.25) is 0 Å². The summed E-state index contributed by atoms with van der Waals surface area (Å²) in [6.45, 7) is 1.76. The Morgan fingerprint density at radius 2 is 1.93 bits per heavy atom. The minimum absolute atomic E-state index is 0.294. The van der Waals surface area contributed by atoms with Crippen molar-refractivity contribution in [3.05, 3.63) is 22.8 Å². The molecule has 0 unspecified atom stereocenters. The van der Waals surface area contributed by atoms with Gasteiger partial charge in [-0.05, 0) is 19.3 Å². The van der Waals surface area contributed by atoms with Crippen LogP contribution in [0.4, 0.5) is 13.2 Å². The molecule has 0 amide bonds. The van der Waals surface area contributed by atoms with Gasteiger partial charge in [0, 0.05) is 17.7 Å². The number of hydrogen-bond acceptors (Lipinski definition) is 2. The van der Waals surface area contributed by atoms with Gasteiger partial charge in [-0.1, -0.05) is 6.92 Å². The van der Waals surface area contributed by atoms with Gasteiger partial charge < -0.3 is 0 Å². The Bertz CT molecular complexity index is 385. The highest BCUT2D eigenvalue weighted by atomic mass is 19.4. The van der Waals surface area contributed by atoms with Gasteiger partial charge in [0.05, 0.1) is 0 Å². The lowest BCUT2D eigenvalue weighted by atomic mass is 10.1. The van der Waals surface area contributed by atoms with Crippen LogP contribution in [0.3, 0.4) is 0 Å². The lowest BCUT2D eigenvalue weighted by molar-refractivity contribution is -0.142. The maximum absolute atomic E-state index is 12.7. The first-order valence-corrected chi connectivity index (χ1v) is 4.98. The second-order valence-electron chi connectivity index (χ2n) is 3.62. The first-order chi connectivity index (χ1) is 7.02. The van der Waals surface area contributed by atoms with Crippen molar-refractivity contribution in [1.29, 1.82) is 0 Å². The van der Waals surface area contributed by atoms with Crippen molar-refractivity contribution in [3.63, 3.8) is 0 Å². The molecule has 2 nitrogen and oxygen atoms in total. The second-order valence-corrected chi connectivity index (χ2v) is 3.62. The number of halogens is 3. The number of aromatic nitrogens is 2. The zero-order valence-corrected chi connectivity index (χ0v) is 8.36. The molecule has 5 heteroatoms. The van der Waals surface area contributed by atoms with Gasteiger partial charge in [-0.2, -0.15) is 13.2 Å². The van der Waals surface area contributed by atoms with E-state index in [9.17, 15) is 13.2 Å². The van der Waals surface area contributed by atoms with E-state index in [0.717, 1.165) is 6.42 Å². The number of fused-ring (bicyclic) bond motifs is 1. The highest BCUT2D eigenvalue weighted by molar-refractivity contribution is 5.31. The van der Waals surface area contributed by atoms with E-state index in [1.165, 1.54) is 0 Å². The molecular formula is C10H11F3N2. The monoisotopic (exact) mass is 216 g/mol. The van der Waals surface area contributed by atoms with Gasteiger partial charge in [-0.15, -0.1) is 0 Å². The standard InChI is InChI=1S/C10H11F3N2/c1-2-8-14-7-5-3-4-6(7)9(15-8)10(11,12)13/h2-5H2,1H3. The largest absolute Gasteiger partial charge is 0.433 e. The normalized spacial score (nSPS) is 15.5. The Hall–Kier alpha value is -1.13. The highest BCUT2D eigenvalue weighted by Crippen LogP contribution is 2.34. The lowest BCUT2D eigenvalue weighted by Gasteiger charge is -2.11. The molecule has 1 aliphatic carbocycles. The van der Waals surface area contributed by atoms with Crippen LogP contribution in [0.15, 0.2) is 0 Å². The van der Waals surface area contributed by atoms with Crippen molar-refractivity contribution in [2.24, 2.45) is 0 Å². The van der Waals surface area contributed by atoms with Crippen molar-refractivity contribution < 1.29 is 13.2 Å². The van der Waals surface area contributed by atoms with Crippen molar-refractivity contribution >= 4 is 0 Å². The topological polar surface area (TPSA) is 25.8 Å². The third-order valence-corrected chi connectivity index (χ3v) is 2.56. The summed E-state index contributed by atoms with van der Waals surface area (Å²) in [5.41, 5.74) is 0.177. The van der Waals surface area contributed by atoms with Crippen molar-refractivity contribution in [2.45, 2.75) is 38.8 Å². The SMILES string of the molecule is CCc1nc2c(c(C(F)(F)F)n1)CCC2. The molecule has 1 aromatic heterocycles. The summed E-state index contributed by atoms with van der Waals surface area (Å²) in [6.07, 6.45) is -2.06. The summed E-state index contributed by atoms with van der Waals surface area (Å²) in [4.78, 5) is 7.73. The third kappa shape index (κ3) is 1.82. The second kappa shape index (κ2) is 3.47. The van der Waals surface area contributed by atoms with Crippen LogP contribution in [0.25, 0.3) is 0 Å². The summed E-state index contributed by atoms with van der Waals surface area (Å²) in [5, 5.41) is 0. The summed E-state index contributed by atoms with van der Waals surface area (Å²) < 4.78 is 38.0. The predicted molar refractivity (Wildman–Crippen MR) is 48.4 cm³/mol. The number of rotatable bonds is 1. The van der Waals surface area contributed by atoms with Crippen molar-refractivity contribution in [2.75, 3.05) is 0 Å². The van der Waals surface area contributed by atoms with Crippen molar-refractivity contribution in [3.8, 4) is 0 Å². The zero-order chi connectivity index (χ0) is 11.1. The highest BCUT2D eigenvalue weighted by Gasteiger charge is 2.38. The molecule has 0 atom stereocenters. The predicted octanol–water partition coefficient (Wildman–Crippen LogP) is 2.55. The lowest BCUT2D eigenvalue weighted by Crippen LogP contribution is -2.15. The molecule has 2 rings (SSSR count). The molecule has 1 aliphatic rings. The number of nitrogens with zero attached hydrogens (tertiary/aromatic N) is 2. The molecule has 1 aromatic rings. The van der Waals surface area contributed by atoms with E-state index in [1.54, 1.807) is 6.92 Å². The smallest absolute Gasteiger partial charge is 0.238 e. The Morgan fingerprint density at radius 3 is 2.53 bits per heavy atom. The van der Waals surface area contributed by atoms with E-state index in [1.807, 2.05) is 0 Å². The maximum Gasteiger partial charge on any atom is 0.433 e. The average Bonchev–Trinajstić information content (AvgIpc) is 2.61. The van der Waals surface area contributed by atoms with Gasteiger partial charge in [0.15, 0.2) is 5.69 Å². The molecule has 82 valence electrons. The first kappa shape index (κ1) is 10.4. The van der Waals surface area contributed by atoms with Crippen LogP contribution < -0.4 is 0 Å². The molecule has 0 radical (unpaired) electrons. The molecule has 0 aliphatic heterocycles. The number of alkyl halides is 3. The molecule has 0 saturated heterocycles. The van der Waals surface area contributed by atoms with Gasteiger partial charge in [0.2, 0.25) is 0 Å². The third-order valence-electron chi connectivity index (χ3n) is 2.56. The average molecular weight is 216 g/mol. The fourth-order valence-corrected chi connectivity index (χ4v) is 1.88. The molecule has 15 heavy (non-hydrogen) atoms. The van der Waals surface area contributed by atoms with Gasteiger partial charge in [0.1, 0.15) is 5.82 Å². The van der Waals surface area contributed by atoms with E-state index in [4.69, 9.17) is 0 Å². The van der Waals surface area contributed by atoms with Crippen molar-refractivity contribution in [1.82, 2.24) is 9.97 Å². The Kier molecular flexibility index (Phi) is 2.40. The minimum Gasteiger partial charge on any atom is -0.238 e. The van der Waals surface area contributed by atoms with Crippen LogP contribution in [-0.4, -0.2) is 9.97 Å². The molecule has 1 heterocycles. The molecule has 0 saturated carbocycles. The molecule has 0 aromatic carbocycles. The van der Waals surface area contributed by atoms with Gasteiger partial charge >= 0.3 is 6.18 Å². The van der Waals surface area contributed by atoms with Crippen LogP contribution in [-0.2, 0) is 25.4 Å². The fraction of sp³-hybridized carbons (Fsp3) is 0.600. The number of hydrogen-bond donors (Lipinski definition) is 0. The summed E-state index contributed by atoms with van der Waals surface area (Å²) in [6, 6.07) is 0. The van der Waals surface area contributed by atoms with E-state index in [-0.39, 0.29) is 0 Å². The summed E-state index contributed by atoms with van der Waals surface area (Å²) in [5.74, 6) is 0.294. The van der Waals surface area contributed by atoms with E-state index in [2.05, 4.69) is 9.97 Å². The molecule has 0 fully saturated rings. The quantitative estimate of drug-likeness (QED) is 0.721. The molecule has 0 bridgehead atoms. The van der Waals surface area contributed by atoms with Crippen LogP contribution in [0.5, 0.6) is 0 Å². The Morgan fingerprint density at radius 1 is 1.20 bits per heavy atom. The van der Waals surface area contributed by atoms with Crippen LogP contribution in [0.1, 0.15) is 36.1 Å². The molecular weight excluding hydrogens is 205 g/mol. The number of aryl methyl sites for hydroxylation is 2. The molecule has 0 N–H and O–H groups in total. The minimum atomic E-state index is -4.35. The Balaban J connectivity index is 2.57.